The molecule has 1 N–H and O–H groups in total. The number of hydrogen-bond acceptors (Lipinski definition) is 3. The Morgan fingerprint density at radius 1 is 1.64 bits per heavy atom. The van der Waals surface area contributed by atoms with Gasteiger partial charge < -0.3 is 5.11 Å². The molecule has 3 nitrogen and oxygen atoms in total. The van der Waals surface area contributed by atoms with Gasteiger partial charge in [-0.3, -0.25) is 4.79 Å². The van der Waals surface area contributed by atoms with Crippen molar-refractivity contribution in [3.05, 3.63) is 0 Å². The minimum Gasteiger partial charge on any atom is -0.480 e. The molecule has 11 heavy (non-hydrogen) atoms. The standard InChI is InChI=1S/C7H13NO2S/c1-11-8-5-3-2-4-6(8)7(9)10/h6H,2-5H2,1H3,(H,9,10). The van der Waals surface area contributed by atoms with Crippen LogP contribution in [0.5, 0.6) is 0 Å². The van der Waals surface area contributed by atoms with Gasteiger partial charge in [0.2, 0.25) is 0 Å². The van der Waals surface area contributed by atoms with Crippen LogP contribution in [0.4, 0.5) is 0 Å². The molecule has 0 radical (unpaired) electrons. The Kier molecular flexibility index (Phi) is 3.20. The van der Waals surface area contributed by atoms with Crippen molar-refractivity contribution < 1.29 is 9.90 Å². The van der Waals surface area contributed by atoms with Gasteiger partial charge in [-0.2, -0.15) is 0 Å². The molecule has 0 aromatic rings. The first-order chi connectivity index (χ1) is 5.25. The third-order valence-corrected chi connectivity index (χ3v) is 2.88. The molecule has 0 aromatic heterocycles. The third kappa shape index (κ3) is 2.10. The van der Waals surface area contributed by atoms with Crippen molar-refractivity contribution in [1.29, 1.82) is 0 Å². The van der Waals surface area contributed by atoms with E-state index in [4.69, 9.17) is 5.11 Å². The van der Waals surface area contributed by atoms with Crippen molar-refractivity contribution in [2.45, 2.75) is 25.3 Å². The van der Waals surface area contributed by atoms with Crippen LogP contribution in [0.15, 0.2) is 0 Å². The van der Waals surface area contributed by atoms with Gasteiger partial charge >= 0.3 is 5.97 Å². The molecule has 1 aliphatic rings. The molecule has 0 aromatic carbocycles. The molecule has 1 atom stereocenters. The first kappa shape index (κ1) is 8.87. The number of piperidine rings is 1. The summed E-state index contributed by atoms with van der Waals surface area (Å²) >= 11 is 1.53. The van der Waals surface area contributed by atoms with Crippen LogP contribution in [-0.2, 0) is 4.79 Å². The monoisotopic (exact) mass is 175 g/mol. The Hall–Kier alpha value is -0.220. The summed E-state index contributed by atoms with van der Waals surface area (Å²) < 4.78 is 1.95. The van der Waals surface area contributed by atoms with Crippen LogP contribution in [0.2, 0.25) is 0 Å². The molecule has 1 unspecified atom stereocenters. The van der Waals surface area contributed by atoms with Gasteiger partial charge in [0.25, 0.3) is 0 Å². The van der Waals surface area contributed by atoms with E-state index < -0.39 is 5.97 Å². The van der Waals surface area contributed by atoms with Crippen molar-refractivity contribution in [2.75, 3.05) is 12.8 Å². The van der Waals surface area contributed by atoms with E-state index in [1.807, 2.05) is 10.6 Å². The molecule has 0 spiro atoms. The molecule has 64 valence electrons. The van der Waals surface area contributed by atoms with E-state index in [0.717, 1.165) is 25.8 Å². The van der Waals surface area contributed by atoms with Gasteiger partial charge in [-0.15, -0.1) is 0 Å². The van der Waals surface area contributed by atoms with Crippen molar-refractivity contribution in [2.24, 2.45) is 0 Å². The van der Waals surface area contributed by atoms with E-state index >= 15 is 0 Å². The van der Waals surface area contributed by atoms with E-state index in [-0.39, 0.29) is 6.04 Å². The average Bonchev–Trinajstić information content (AvgIpc) is 2.04. The number of nitrogens with zero attached hydrogens (tertiary/aromatic N) is 1. The van der Waals surface area contributed by atoms with Crippen LogP contribution in [0.1, 0.15) is 19.3 Å². The zero-order chi connectivity index (χ0) is 8.27. The predicted octanol–water partition coefficient (Wildman–Crippen LogP) is 1.20. The average molecular weight is 175 g/mol. The Labute approximate surface area is 70.9 Å². The minimum atomic E-state index is -0.681. The molecule has 1 fully saturated rings. The van der Waals surface area contributed by atoms with Gasteiger partial charge in [0, 0.05) is 6.54 Å². The highest BCUT2D eigenvalue weighted by Crippen LogP contribution is 2.22. The van der Waals surface area contributed by atoms with E-state index in [9.17, 15) is 4.79 Å². The van der Waals surface area contributed by atoms with E-state index in [2.05, 4.69) is 0 Å². The van der Waals surface area contributed by atoms with Gasteiger partial charge in [-0.1, -0.05) is 11.9 Å². The summed E-state index contributed by atoms with van der Waals surface area (Å²) in [6.07, 6.45) is 4.91. The smallest absolute Gasteiger partial charge is 0.321 e. The molecular weight excluding hydrogens is 162 g/mol. The van der Waals surface area contributed by atoms with E-state index in [1.165, 1.54) is 11.9 Å². The normalized spacial score (nSPS) is 26.8. The quantitative estimate of drug-likeness (QED) is 0.640. The van der Waals surface area contributed by atoms with Crippen LogP contribution < -0.4 is 0 Å². The summed E-state index contributed by atoms with van der Waals surface area (Å²) in [4.78, 5) is 10.7. The Balaban J connectivity index is 2.51. The zero-order valence-corrected chi connectivity index (χ0v) is 7.43. The fraction of sp³-hybridized carbons (Fsp3) is 0.857. The molecule has 1 rings (SSSR count). The Bertz CT molecular complexity index is 151. The molecular formula is C7H13NO2S. The fourth-order valence-corrected chi connectivity index (χ4v) is 2.13. The fourth-order valence-electron chi connectivity index (χ4n) is 1.37. The lowest BCUT2D eigenvalue weighted by Gasteiger charge is -2.30. The first-order valence-electron chi connectivity index (χ1n) is 3.79. The lowest BCUT2D eigenvalue weighted by molar-refractivity contribution is -0.142. The second-order valence-electron chi connectivity index (χ2n) is 2.67. The van der Waals surface area contributed by atoms with Gasteiger partial charge in [0.15, 0.2) is 0 Å². The SMILES string of the molecule is CSN1CCCCC1C(=O)O. The molecule has 0 aliphatic carbocycles. The van der Waals surface area contributed by atoms with E-state index in [1.54, 1.807) is 0 Å². The second-order valence-corrected chi connectivity index (χ2v) is 3.51. The van der Waals surface area contributed by atoms with E-state index in [0.29, 0.717) is 0 Å². The maximum Gasteiger partial charge on any atom is 0.321 e. The van der Waals surface area contributed by atoms with Crippen LogP contribution in [0.25, 0.3) is 0 Å². The number of aliphatic carboxylic acids is 1. The lowest BCUT2D eigenvalue weighted by atomic mass is 10.1. The highest BCUT2D eigenvalue weighted by molar-refractivity contribution is 7.96. The number of carboxylic acids is 1. The molecule has 0 amide bonds. The summed E-state index contributed by atoms with van der Waals surface area (Å²) in [6, 6.07) is -0.251. The maximum absolute atomic E-state index is 10.7. The largest absolute Gasteiger partial charge is 0.480 e. The number of rotatable bonds is 2. The summed E-state index contributed by atoms with van der Waals surface area (Å²) in [7, 11) is 0. The lowest BCUT2D eigenvalue weighted by Crippen LogP contribution is -2.39. The Morgan fingerprint density at radius 2 is 2.36 bits per heavy atom. The number of hydrogen-bond donors (Lipinski definition) is 1. The summed E-state index contributed by atoms with van der Waals surface area (Å²) in [5.41, 5.74) is 0. The molecule has 0 bridgehead atoms. The first-order valence-corrected chi connectivity index (χ1v) is 4.97. The van der Waals surface area contributed by atoms with Gasteiger partial charge in [-0.25, -0.2) is 4.31 Å². The minimum absolute atomic E-state index is 0.251. The van der Waals surface area contributed by atoms with Gasteiger partial charge in [0.05, 0.1) is 0 Å². The topological polar surface area (TPSA) is 40.5 Å². The predicted molar refractivity (Wildman–Crippen MR) is 45.5 cm³/mol. The summed E-state index contributed by atoms with van der Waals surface area (Å²) in [6.45, 7) is 0.915. The van der Waals surface area contributed by atoms with Crippen LogP contribution in [0.3, 0.4) is 0 Å². The van der Waals surface area contributed by atoms with Crippen LogP contribution in [0, 0.1) is 0 Å². The molecule has 1 saturated heterocycles. The molecule has 0 saturated carbocycles. The Morgan fingerprint density at radius 3 is 2.82 bits per heavy atom. The number of carbonyl (C=O) groups is 1. The van der Waals surface area contributed by atoms with Gasteiger partial charge in [0.1, 0.15) is 6.04 Å². The third-order valence-electron chi connectivity index (χ3n) is 1.97. The van der Waals surface area contributed by atoms with Crippen molar-refractivity contribution in [3.63, 3.8) is 0 Å². The summed E-state index contributed by atoms with van der Waals surface area (Å²) in [5.74, 6) is -0.681. The maximum atomic E-state index is 10.7. The molecule has 1 heterocycles. The number of carboxylic acid groups (broad SMARTS) is 1. The van der Waals surface area contributed by atoms with Gasteiger partial charge in [-0.05, 0) is 25.5 Å². The highest BCUT2D eigenvalue weighted by atomic mass is 32.2. The highest BCUT2D eigenvalue weighted by Gasteiger charge is 2.27. The van der Waals surface area contributed by atoms with Crippen molar-refractivity contribution >= 4 is 17.9 Å². The zero-order valence-electron chi connectivity index (χ0n) is 6.62. The molecule has 1 aliphatic heterocycles. The van der Waals surface area contributed by atoms with Crippen LogP contribution in [-0.4, -0.2) is 34.2 Å². The molecule has 4 heteroatoms. The summed E-state index contributed by atoms with van der Waals surface area (Å²) in [5, 5.41) is 8.78. The second kappa shape index (κ2) is 3.97. The van der Waals surface area contributed by atoms with Crippen LogP contribution >= 0.6 is 11.9 Å². The van der Waals surface area contributed by atoms with Crippen molar-refractivity contribution in [3.8, 4) is 0 Å². The van der Waals surface area contributed by atoms with Crippen molar-refractivity contribution in [1.82, 2.24) is 4.31 Å².